The summed E-state index contributed by atoms with van der Waals surface area (Å²) in [4.78, 5) is 0. The topological polar surface area (TPSA) is 0 Å². The molecule has 0 aromatic heterocycles. The van der Waals surface area contributed by atoms with Crippen molar-refractivity contribution in [3.8, 4) is 12.3 Å². The lowest BCUT2D eigenvalue weighted by molar-refractivity contribution is 0.370. The molecule has 0 amide bonds. The first kappa shape index (κ1) is 14.4. The molecule has 0 fully saturated rings. The molecule has 0 N–H and O–H groups in total. The summed E-state index contributed by atoms with van der Waals surface area (Å²) < 4.78 is 0. The Hall–Kier alpha value is -0.700. The highest BCUT2D eigenvalue weighted by atomic mass is 14.3. The van der Waals surface area contributed by atoms with Crippen LogP contribution in [0.2, 0.25) is 0 Å². The van der Waals surface area contributed by atoms with E-state index in [-0.39, 0.29) is 0 Å². The summed E-state index contributed by atoms with van der Waals surface area (Å²) in [6.07, 6.45) is 16.1. The summed E-state index contributed by atoms with van der Waals surface area (Å²) in [5.74, 6) is 4.52. The van der Waals surface area contributed by atoms with Crippen molar-refractivity contribution in [2.24, 2.45) is 11.8 Å². The molecule has 2 atom stereocenters. The van der Waals surface area contributed by atoms with Crippen molar-refractivity contribution in [2.45, 2.75) is 72.1 Å². The Bertz CT molecular complexity index is 290. The predicted octanol–water partition coefficient (Wildman–Crippen LogP) is 5.34. The van der Waals surface area contributed by atoms with Crippen LogP contribution in [0.15, 0.2) is 11.1 Å². The first-order valence-electron chi connectivity index (χ1n) is 7.41. The number of hydrogen-bond donors (Lipinski definition) is 0. The molecule has 2 unspecified atom stereocenters. The molecule has 0 aromatic carbocycles. The largest absolute Gasteiger partial charge is 0.115 e. The molecule has 0 radical (unpaired) electrons. The fourth-order valence-electron chi connectivity index (χ4n) is 3.11. The predicted molar refractivity (Wildman–Crippen MR) is 76.8 cm³/mol. The second-order valence-electron chi connectivity index (χ2n) is 5.59. The van der Waals surface area contributed by atoms with Crippen LogP contribution in [-0.2, 0) is 0 Å². The fraction of sp³-hybridized carbons (Fsp3) is 0.765. The average Bonchev–Trinajstić information content (AvgIpc) is 2.35. The lowest BCUT2D eigenvalue weighted by Gasteiger charge is -2.27. The highest BCUT2D eigenvalue weighted by molar-refractivity contribution is 5.35. The molecule has 0 spiro atoms. The Morgan fingerprint density at radius 1 is 1.41 bits per heavy atom. The zero-order valence-corrected chi connectivity index (χ0v) is 11.9. The van der Waals surface area contributed by atoms with E-state index >= 15 is 0 Å². The van der Waals surface area contributed by atoms with Crippen LogP contribution in [0, 0.1) is 24.2 Å². The summed E-state index contributed by atoms with van der Waals surface area (Å²) in [7, 11) is 0. The molecule has 1 aliphatic carbocycles. The van der Waals surface area contributed by atoms with Gasteiger partial charge in [0.15, 0.2) is 0 Å². The van der Waals surface area contributed by atoms with Gasteiger partial charge in [-0.15, -0.1) is 6.42 Å². The highest BCUT2D eigenvalue weighted by Gasteiger charge is 2.22. The van der Waals surface area contributed by atoms with E-state index in [0.717, 1.165) is 12.3 Å². The quantitative estimate of drug-likeness (QED) is 0.542. The third kappa shape index (κ3) is 4.23. The SMILES string of the molecule is C#CC1=C(CC)CCCC1CC(C)CCCC. The molecular weight excluding hydrogens is 204 g/mol. The number of allylic oxidation sites excluding steroid dienone is 2. The van der Waals surface area contributed by atoms with Gasteiger partial charge in [0.25, 0.3) is 0 Å². The van der Waals surface area contributed by atoms with Crippen LogP contribution >= 0.6 is 0 Å². The Morgan fingerprint density at radius 3 is 2.76 bits per heavy atom. The summed E-state index contributed by atoms with van der Waals surface area (Å²) in [5.41, 5.74) is 2.92. The van der Waals surface area contributed by atoms with Crippen LogP contribution in [0.4, 0.5) is 0 Å². The van der Waals surface area contributed by atoms with E-state index < -0.39 is 0 Å². The number of unbranched alkanes of at least 4 members (excludes halogenated alkanes) is 1. The standard InChI is InChI=1S/C17H28/c1-5-8-10-14(4)13-16-12-9-11-15(6-2)17(16)7-3/h3,14,16H,5-6,8-13H2,1-2,4H3. The number of hydrogen-bond acceptors (Lipinski definition) is 0. The van der Waals surface area contributed by atoms with Gasteiger partial charge in [-0.3, -0.25) is 0 Å². The van der Waals surface area contributed by atoms with Gasteiger partial charge in [-0.25, -0.2) is 0 Å². The zero-order valence-electron chi connectivity index (χ0n) is 11.9. The Balaban J connectivity index is 2.60. The van der Waals surface area contributed by atoms with Crippen molar-refractivity contribution in [3.63, 3.8) is 0 Å². The maximum absolute atomic E-state index is 5.73. The summed E-state index contributed by atoms with van der Waals surface area (Å²) in [6, 6.07) is 0. The van der Waals surface area contributed by atoms with E-state index in [4.69, 9.17) is 6.42 Å². The van der Waals surface area contributed by atoms with Gasteiger partial charge in [-0.1, -0.05) is 51.5 Å². The zero-order chi connectivity index (χ0) is 12.7. The van der Waals surface area contributed by atoms with Crippen molar-refractivity contribution in [3.05, 3.63) is 11.1 Å². The number of rotatable bonds is 6. The van der Waals surface area contributed by atoms with Crippen molar-refractivity contribution >= 4 is 0 Å². The normalized spacial score (nSPS) is 22.4. The van der Waals surface area contributed by atoms with E-state index in [0.29, 0.717) is 5.92 Å². The first-order chi connectivity index (χ1) is 8.22. The average molecular weight is 232 g/mol. The molecule has 1 aliphatic rings. The van der Waals surface area contributed by atoms with Crippen molar-refractivity contribution in [1.29, 1.82) is 0 Å². The van der Waals surface area contributed by atoms with Gasteiger partial charge in [-0.05, 0) is 43.9 Å². The Morgan fingerprint density at radius 2 is 2.18 bits per heavy atom. The van der Waals surface area contributed by atoms with E-state index in [1.165, 1.54) is 50.5 Å². The van der Waals surface area contributed by atoms with Crippen LogP contribution in [0.3, 0.4) is 0 Å². The van der Waals surface area contributed by atoms with E-state index in [2.05, 4.69) is 26.7 Å². The molecule has 96 valence electrons. The van der Waals surface area contributed by atoms with Gasteiger partial charge in [0.2, 0.25) is 0 Å². The van der Waals surface area contributed by atoms with E-state index in [9.17, 15) is 0 Å². The van der Waals surface area contributed by atoms with Crippen molar-refractivity contribution in [2.75, 3.05) is 0 Å². The maximum atomic E-state index is 5.73. The van der Waals surface area contributed by atoms with Gasteiger partial charge in [0, 0.05) is 5.57 Å². The van der Waals surface area contributed by atoms with Crippen molar-refractivity contribution < 1.29 is 0 Å². The molecule has 0 aromatic rings. The second kappa shape index (κ2) is 7.59. The molecule has 0 bridgehead atoms. The molecular formula is C17H28. The lowest BCUT2D eigenvalue weighted by Crippen LogP contribution is -2.14. The Kier molecular flexibility index (Phi) is 6.41. The third-order valence-corrected chi connectivity index (χ3v) is 4.14. The third-order valence-electron chi connectivity index (χ3n) is 4.14. The molecule has 1 rings (SSSR count). The monoisotopic (exact) mass is 232 g/mol. The molecule has 0 aliphatic heterocycles. The lowest BCUT2D eigenvalue weighted by atomic mass is 9.77. The first-order valence-corrected chi connectivity index (χ1v) is 7.41. The summed E-state index contributed by atoms with van der Waals surface area (Å²) in [6.45, 7) is 6.91. The minimum absolute atomic E-state index is 0.690. The maximum Gasteiger partial charge on any atom is 0.00406 e. The van der Waals surface area contributed by atoms with Crippen LogP contribution in [0.1, 0.15) is 72.1 Å². The minimum Gasteiger partial charge on any atom is -0.115 e. The molecule has 0 saturated heterocycles. The minimum atomic E-state index is 0.690. The molecule has 0 heteroatoms. The second-order valence-corrected chi connectivity index (χ2v) is 5.59. The van der Waals surface area contributed by atoms with Gasteiger partial charge in [0.1, 0.15) is 0 Å². The van der Waals surface area contributed by atoms with Gasteiger partial charge < -0.3 is 0 Å². The number of terminal acetylenes is 1. The summed E-state index contributed by atoms with van der Waals surface area (Å²) in [5, 5.41) is 0. The summed E-state index contributed by atoms with van der Waals surface area (Å²) >= 11 is 0. The smallest absolute Gasteiger partial charge is 0.00406 e. The van der Waals surface area contributed by atoms with Gasteiger partial charge in [0.05, 0.1) is 0 Å². The molecule has 0 saturated carbocycles. The van der Waals surface area contributed by atoms with Crippen LogP contribution in [0.5, 0.6) is 0 Å². The molecule has 17 heavy (non-hydrogen) atoms. The van der Waals surface area contributed by atoms with Crippen molar-refractivity contribution in [1.82, 2.24) is 0 Å². The van der Waals surface area contributed by atoms with Gasteiger partial charge >= 0.3 is 0 Å². The van der Waals surface area contributed by atoms with Crippen LogP contribution in [0.25, 0.3) is 0 Å². The fourth-order valence-corrected chi connectivity index (χ4v) is 3.11. The van der Waals surface area contributed by atoms with Gasteiger partial charge in [-0.2, -0.15) is 0 Å². The van der Waals surface area contributed by atoms with Crippen LogP contribution < -0.4 is 0 Å². The van der Waals surface area contributed by atoms with E-state index in [1.54, 1.807) is 5.57 Å². The highest BCUT2D eigenvalue weighted by Crippen LogP contribution is 2.36. The Labute approximate surface area is 108 Å². The van der Waals surface area contributed by atoms with E-state index in [1.807, 2.05) is 0 Å². The molecule has 0 heterocycles. The molecule has 0 nitrogen and oxygen atoms in total. The van der Waals surface area contributed by atoms with Crippen LogP contribution in [-0.4, -0.2) is 0 Å².